The average molecular weight is 239 g/mol. The number of nitrogens with one attached hydrogen (secondary N) is 1. The van der Waals surface area contributed by atoms with Gasteiger partial charge in [-0.15, -0.1) is 22.7 Å². The number of rotatable bonds is 5. The molecule has 2 aromatic rings. The Kier molecular flexibility index (Phi) is 3.82. The first kappa shape index (κ1) is 10.7. The quantitative estimate of drug-likeness (QED) is 0.813. The van der Waals surface area contributed by atoms with Crippen molar-refractivity contribution in [2.75, 3.05) is 6.54 Å². The van der Waals surface area contributed by atoms with Crippen LogP contribution >= 0.6 is 22.7 Å². The molecule has 0 unspecified atom stereocenters. The summed E-state index contributed by atoms with van der Waals surface area (Å²) >= 11 is 3.35. The van der Waals surface area contributed by atoms with E-state index in [-0.39, 0.29) is 0 Å². The Hall–Kier alpha value is -0.780. The summed E-state index contributed by atoms with van der Waals surface area (Å²) in [5.41, 5.74) is 4.18. The van der Waals surface area contributed by atoms with Crippen LogP contribution in [0.1, 0.15) is 16.4 Å². The van der Waals surface area contributed by atoms with Gasteiger partial charge in [0.05, 0.1) is 21.9 Å². The summed E-state index contributed by atoms with van der Waals surface area (Å²) in [6.07, 6.45) is 0.993. The Morgan fingerprint density at radius 1 is 1.33 bits per heavy atom. The van der Waals surface area contributed by atoms with Gasteiger partial charge in [0.1, 0.15) is 0 Å². The first-order valence-electron chi connectivity index (χ1n) is 4.83. The van der Waals surface area contributed by atoms with E-state index in [1.807, 2.05) is 12.4 Å². The zero-order chi connectivity index (χ0) is 10.5. The number of aryl methyl sites for hydroxylation is 1. The van der Waals surface area contributed by atoms with Crippen LogP contribution in [0.25, 0.3) is 0 Å². The van der Waals surface area contributed by atoms with Crippen LogP contribution in [0.15, 0.2) is 16.3 Å². The van der Waals surface area contributed by atoms with Gasteiger partial charge in [-0.2, -0.15) is 0 Å². The molecule has 80 valence electrons. The average Bonchev–Trinajstić information content (AvgIpc) is 2.84. The van der Waals surface area contributed by atoms with Crippen molar-refractivity contribution in [2.24, 2.45) is 0 Å². The number of aromatic nitrogens is 2. The Morgan fingerprint density at radius 3 is 2.93 bits per heavy atom. The molecule has 0 saturated carbocycles. The molecule has 0 aliphatic carbocycles. The molecule has 2 rings (SSSR count). The van der Waals surface area contributed by atoms with Crippen molar-refractivity contribution in [2.45, 2.75) is 19.9 Å². The lowest BCUT2D eigenvalue weighted by Crippen LogP contribution is -2.16. The summed E-state index contributed by atoms with van der Waals surface area (Å²) in [5.74, 6) is 0. The first-order chi connectivity index (χ1) is 7.34. The van der Waals surface area contributed by atoms with Gasteiger partial charge in [0.25, 0.3) is 0 Å². The second-order valence-electron chi connectivity index (χ2n) is 3.26. The van der Waals surface area contributed by atoms with Gasteiger partial charge >= 0.3 is 0 Å². The smallest absolute Gasteiger partial charge is 0.0897 e. The minimum atomic E-state index is 0.856. The lowest BCUT2D eigenvalue weighted by molar-refractivity contribution is 0.671. The van der Waals surface area contributed by atoms with Crippen LogP contribution < -0.4 is 5.32 Å². The maximum Gasteiger partial charge on any atom is 0.0897 e. The van der Waals surface area contributed by atoms with Crippen LogP contribution in [-0.4, -0.2) is 16.5 Å². The molecule has 0 saturated heterocycles. The number of hydrogen-bond donors (Lipinski definition) is 1. The number of thiazole rings is 2. The zero-order valence-electron chi connectivity index (χ0n) is 8.56. The van der Waals surface area contributed by atoms with Gasteiger partial charge in [-0.25, -0.2) is 9.97 Å². The molecular formula is C10H13N3S2. The van der Waals surface area contributed by atoms with Gasteiger partial charge in [0.2, 0.25) is 0 Å². The van der Waals surface area contributed by atoms with Gasteiger partial charge < -0.3 is 5.32 Å². The Balaban J connectivity index is 1.67. The fourth-order valence-corrected chi connectivity index (χ4v) is 2.49. The molecule has 3 nitrogen and oxygen atoms in total. The van der Waals surface area contributed by atoms with E-state index in [4.69, 9.17) is 0 Å². The van der Waals surface area contributed by atoms with Crippen LogP contribution in [0.3, 0.4) is 0 Å². The molecular weight excluding hydrogens is 226 g/mol. The van der Waals surface area contributed by atoms with Crippen molar-refractivity contribution < 1.29 is 0 Å². The van der Waals surface area contributed by atoms with Gasteiger partial charge in [-0.1, -0.05) is 0 Å². The van der Waals surface area contributed by atoms with Crippen molar-refractivity contribution in [1.82, 2.24) is 15.3 Å². The van der Waals surface area contributed by atoms with Crippen molar-refractivity contribution in [1.29, 1.82) is 0 Å². The fraction of sp³-hybridized carbons (Fsp3) is 0.400. The molecule has 0 spiro atoms. The molecule has 5 heteroatoms. The summed E-state index contributed by atoms with van der Waals surface area (Å²) in [6.45, 7) is 3.85. The predicted molar refractivity (Wildman–Crippen MR) is 64.4 cm³/mol. The minimum Gasteiger partial charge on any atom is -0.311 e. The minimum absolute atomic E-state index is 0.856. The molecule has 0 atom stereocenters. The van der Waals surface area contributed by atoms with Crippen LogP contribution in [0.5, 0.6) is 0 Å². The third-order valence-electron chi connectivity index (χ3n) is 2.01. The van der Waals surface area contributed by atoms with Gasteiger partial charge in [0.15, 0.2) is 0 Å². The Bertz CT molecular complexity index is 394. The molecule has 0 bridgehead atoms. The second kappa shape index (κ2) is 5.34. The molecule has 0 fully saturated rings. The third kappa shape index (κ3) is 3.37. The normalized spacial score (nSPS) is 10.7. The summed E-state index contributed by atoms with van der Waals surface area (Å²) in [7, 11) is 0. The van der Waals surface area contributed by atoms with E-state index in [0.717, 1.165) is 30.2 Å². The summed E-state index contributed by atoms with van der Waals surface area (Å²) in [4.78, 5) is 8.62. The Morgan fingerprint density at radius 2 is 2.27 bits per heavy atom. The maximum atomic E-state index is 4.39. The maximum absolute atomic E-state index is 4.39. The standard InChI is InChI=1S/C10H13N3S2/c1-8-13-10(6-15-8)4-11-3-2-9-5-14-7-12-9/h5-7,11H,2-4H2,1H3. The van der Waals surface area contributed by atoms with E-state index < -0.39 is 0 Å². The molecule has 1 N–H and O–H groups in total. The molecule has 0 aliphatic heterocycles. The molecule has 2 heterocycles. The molecule has 0 aromatic carbocycles. The summed E-state index contributed by atoms with van der Waals surface area (Å²) in [5, 5.41) is 8.69. The molecule has 0 amide bonds. The summed E-state index contributed by atoms with van der Waals surface area (Å²) in [6, 6.07) is 0. The predicted octanol–water partition coefficient (Wildman–Crippen LogP) is 2.24. The highest BCUT2D eigenvalue weighted by Gasteiger charge is 1.98. The first-order valence-corrected chi connectivity index (χ1v) is 6.65. The van der Waals surface area contributed by atoms with Crippen LogP contribution in [-0.2, 0) is 13.0 Å². The third-order valence-corrected chi connectivity index (χ3v) is 3.47. The van der Waals surface area contributed by atoms with Gasteiger partial charge in [-0.05, 0) is 6.92 Å². The van der Waals surface area contributed by atoms with Gasteiger partial charge in [0, 0.05) is 30.3 Å². The number of hydrogen-bond acceptors (Lipinski definition) is 5. The van der Waals surface area contributed by atoms with E-state index in [1.54, 1.807) is 22.7 Å². The Labute approximate surface area is 97.2 Å². The van der Waals surface area contributed by atoms with Crippen molar-refractivity contribution in [3.05, 3.63) is 32.7 Å². The van der Waals surface area contributed by atoms with E-state index in [9.17, 15) is 0 Å². The topological polar surface area (TPSA) is 37.8 Å². The highest BCUT2D eigenvalue weighted by Crippen LogP contribution is 2.07. The van der Waals surface area contributed by atoms with E-state index in [2.05, 4.69) is 26.0 Å². The van der Waals surface area contributed by atoms with Crippen molar-refractivity contribution >= 4 is 22.7 Å². The van der Waals surface area contributed by atoms with Crippen molar-refractivity contribution in [3.63, 3.8) is 0 Å². The molecule has 15 heavy (non-hydrogen) atoms. The van der Waals surface area contributed by atoms with Crippen molar-refractivity contribution in [3.8, 4) is 0 Å². The number of nitrogens with zero attached hydrogens (tertiary/aromatic N) is 2. The van der Waals surface area contributed by atoms with E-state index in [0.29, 0.717) is 0 Å². The molecule has 2 aromatic heterocycles. The van der Waals surface area contributed by atoms with Crippen LogP contribution in [0, 0.1) is 6.92 Å². The zero-order valence-corrected chi connectivity index (χ0v) is 10.2. The van der Waals surface area contributed by atoms with Gasteiger partial charge in [-0.3, -0.25) is 0 Å². The molecule has 0 aliphatic rings. The van der Waals surface area contributed by atoms with E-state index >= 15 is 0 Å². The monoisotopic (exact) mass is 239 g/mol. The fourth-order valence-electron chi connectivity index (χ4n) is 1.28. The highest BCUT2D eigenvalue weighted by molar-refractivity contribution is 7.09. The highest BCUT2D eigenvalue weighted by atomic mass is 32.1. The largest absolute Gasteiger partial charge is 0.311 e. The lowest BCUT2D eigenvalue weighted by atomic mass is 10.3. The second-order valence-corrected chi connectivity index (χ2v) is 5.05. The lowest BCUT2D eigenvalue weighted by Gasteiger charge is -2.00. The van der Waals surface area contributed by atoms with Crippen LogP contribution in [0.4, 0.5) is 0 Å². The molecule has 0 radical (unpaired) electrons. The van der Waals surface area contributed by atoms with E-state index in [1.165, 1.54) is 5.69 Å². The summed E-state index contributed by atoms with van der Waals surface area (Å²) < 4.78 is 0. The SMILES string of the molecule is Cc1nc(CNCCc2cscn2)cs1. The van der Waals surface area contributed by atoms with Crippen LogP contribution in [0.2, 0.25) is 0 Å².